The second-order valence-electron chi connectivity index (χ2n) is 13.5. The molecule has 8 aromatic carbocycles. The first-order valence-corrected chi connectivity index (χ1v) is 18.4. The summed E-state index contributed by atoms with van der Waals surface area (Å²) < 4.78 is 2.35. The van der Waals surface area contributed by atoms with Crippen molar-refractivity contribution >= 4 is 61.5 Å². The zero-order valence-corrected chi connectivity index (χ0v) is 30.3. The van der Waals surface area contributed by atoms with E-state index in [-0.39, 0.29) is 0 Å². The lowest BCUT2D eigenvalue weighted by molar-refractivity contribution is 1.17. The molecule has 262 valence electrons. The van der Waals surface area contributed by atoms with Crippen LogP contribution >= 0.6 is 0 Å². The van der Waals surface area contributed by atoms with Crippen LogP contribution in [0.2, 0.25) is 0 Å². The number of fused-ring (bicyclic) bond motifs is 3. The van der Waals surface area contributed by atoms with Crippen LogP contribution < -0.4 is 10.6 Å². The molecule has 0 aliphatic heterocycles. The Labute approximate surface area is 321 Å². The van der Waals surface area contributed by atoms with Crippen molar-refractivity contribution in [1.82, 2.24) is 4.57 Å². The second kappa shape index (κ2) is 14.5. The Kier molecular flexibility index (Phi) is 8.83. The standard InChI is InChI=1S/C51H38N4/c1-36(51(39-17-7-3-8-18-39)53-48-35-40(27-34-47(48)52)38-15-5-2-6-16-38)37-25-28-42(29-26-37)54(41-19-9-4-10-20-41)43-30-32-44(33-31-43)55-49-23-13-11-21-45(49)46-22-12-14-24-50(46)55/h2-35H,1,52H2/b53-51+. The van der Waals surface area contributed by atoms with Crippen LogP contribution in [0.1, 0.15) is 11.1 Å². The van der Waals surface area contributed by atoms with Crippen LogP contribution in [-0.4, -0.2) is 10.3 Å². The number of anilines is 4. The van der Waals surface area contributed by atoms with E-state index >= 15 is 0 Å². The molecule has 2 N–H and O–H groups in total. The third kappa shape index (κ3) is 6.47. The van der Waals surface area contributed by atoms with Crippen molar-refractivity contribution in [1.29, 1.82) is 0 Å². The average Bonchev–Trinajstić information content (AvgIpc) is 3.59. The van der Waals surface area contributed by atoms with E-state index < -0.39 is 0 Å². The topological polar surface area (TPSA) is 46.5 Å². The van der Waals surface area contributed by atoms with Gasteiger partial charge in [0.2, 0.25) is 0 Å². The summed E-state index contributed by atoms with van der Waals surface area (Å²) in [5, 5.41) is 2.50. The van der Waals surface area contributed by atoms with Gasteiger partial charge in [-0.05, 0) is 89.5 Å². The molecule has 4 nitrogen and oxygen atoms in total. The average molecular weight is 707 g/mol. The third-order valence-corrected chi connectivity index (χ3v) is 10.1. The first-order valence-electron chi connectivity index (χ1n) is 18.4. The van der Waals surface area contributed by atoms with E-state index in [1.165, 1.54) is 21.8 Å². The summed E-state index contributed by atoms with van der Waals surface area (Å²) in [6, 6.07) is 71.6. The van der Waals surface area contributed by atoms with Gasteiger partial charge in [-0.3, -0.25) is 0 Å². The number of aromatic nitrogens is 1. The molecular formula is C51H38N4. The lowest BCUT2D eigenvalue weighted by Crippen LogP contribution is -2.10. The number of allylic oxidation sites excluding steroid dienone is 1. The van der Waals surface area contributed by atoms with Crippen LogP contribution in [0.3, 0.4) is 0 Å². The number of nitrogen functional groups attached to an aromatic ring is 1. The Hall–Kier alpha value is -7.43. The Morgan fingerprint density at radius 3 is 1.60 bits per heavy atom. The molecule has 0 amide bonds. The predicted octanol–water partition coefficient (Wildman–Crippen LogP) is 13.3. The normalized spacial score (nSPS) is 11.5. The fraction of sp³-hybridized carbons (Fsp3) is 0. The van der Waals surface area contributed by atoms with E-state index in [4.69, 9.17) is 10.7 Å². The van der Waals surface area contributed by atoms with Gasteiger partial charge in [0.05, 0.1) is 28.1 Å². The molecule has 0 fully saturated rings. The van der Waals surface area contributed by atoms with Gasteiger partial charge in [-0.25, -0.2) is 4.99 Å². The minimum Gasteiger partial charge on any atom is -0.397 e. The first kappa shape index (κ1) is 33.4. The van der Waals surface area contributed by atoms with Crippen molar-refractivity contribution in [3.8, 4) is 16.8 Å². The Balaban J connectivity index is 1.08. The molecule has 0 aliphatic rings. The molecule has 0 spiro atoms. The summed E-state index contributed by atoms with van der Waals surface area (Å²) in [6.45, 7) is 4.59. The molecule has 0 bridgehead atoms. The Morgan fingerprint density at radius 1 is 0.473 bits per heavy atom. The quantitative estimate of drug-likeness (QED) is 0.120. The highest BCUT2D eigenvalue weighted by molar-refractivity contribution is 6.32. The molecule has 1 heterocycles. The molecule has 0 aliphatic carbocycles. The summed E-state index contributed by atoms with van der Waals surface area (Å²) in [6.07, 6.45) is 0. The molecule has 1 aromatic heterocycles. The summed E-state index contributed by atoms with van der Waals surface area (Å²) >= 11 is 0. The Bertz CT molecular complexity index is 2750. The zero-order valence-electron chi connectivity index (χ0n) is 30.3. The van der Waals surface area contributed by atoms with Gasteiger partial charge in [0.15, 0.2) is 0 Å². The van der Waals surface area contributed by atoms with E-state index in [0.717, 1.165) is 56.3 Å². The first-order chi connectivity index (χ1) is 27.1. The van der Waals surface area contributed by atoms with E-state index in [9.17, 15) is 0 Å². The molecule has 0 unspecified atom stereocenters. The maximum absolute atomic E-state index is 6.54. The Morgan fingerprint density at radius 2 is 0.982 bits per heavy atom. The van der Waals surface area contributed by atoms with Crippen molar-refractivity contribution in [2.24, 2.45) is 4.99 Å². The van der Waals surface area contributed by atoms with Crippen molar-refractivity contribution in [2.45, 2.75) is 0 Å². The van der Waals surface area contributed by atoms with Crippen molar-refractivity contribution < 1.29 is 0 Å². The van der Waals surface area contributed by atoms with E-state index in [1.807, 2.05) is 60.7 Å². The molecule has 0 atom stereocenters. The smallest absolute Gasteiger partial charge is 0.0872 e. The van der Waals surface area contributed by atoms with Gasteiger partial charge in [-0.2, -0.15) is 0 Å². The lowest BCUT2D eigenvalue weighted by Gasteiger charge is -2.26. The van der Waals surface area contributed by atoms with Gasteiger partial charge in [-0.1, -0.05) is 140 Å². The van der Waals surface area contributed by atoms with Crippen LogP contribution in [0.5, 0.6) is 0 Å². The maximum Gasteiger partial charge on any atom is 0.0872 e. The van der Waals surface area contributed by atoms with Crippen LogP contribution in [0.15, 0.2) is 218 Å². The molecule has 0 saturated heterocycles. The van der Waals surface area contributed by atoms with Crippen LogP contribution in [-0.2, 0) is 0 Å². The van der Waals surface area contributed by atoms with Crippen molar-refractivity contribution in [3.63, 3.8) is 0 Å². The van der Waals surface area contributed by atoms with E-state index in [1.54, 1.807) is 0 Å². The highest BCUT2D eigenvalue weighted by atomic mass is 15.1. The number of para-hydroxylation sites is 3. The number of hydrogen-bond acceptors (Lipinski definition) is 3. The monoisotopic (exact) mass is 706 g/mol. The number of nitrogens with zero attached hydrogens (tertiary/aromatic N) is 3. The van der Waals surface area contributed by atoms with Crippen LogP contribution in [0, 0.1) is 0 Å². The molecule has 55 heavy (non-hydrogen) atoms. The summed E-state index contributed by atoms with van der Waals surface area (Å²) in [4.78, 5) is 7.47. The molecule has 0 saturated carbocycles. The summed E-state index contributed by atoms with van der Waals surface area (Å²) in [5.41, 5.74) is 20.2. The zero-order chi connectivity index (χ0) is 37.1. The SMILES string of the molecule is C=C(/C(=N\c1cc(-c2ccccc2)ccc1N)c1ccccc1)c1ccc(N(c2ccccc2)c2ccc(-n3c4ccccc4c4ccccc43)cc2)cc1. The number of nitrogens with two attached hydrogens (primary N) is 1. The maximum atomic E-state index is 6.54. The van der Waals surface area contributed by atoms with Gasteiger partial charge >= 0.3 is 0 Å². The van der Waals surface area contributed by atoms with Gasteiger partial charge in [0.1, 0.15) is 0 Å². The fourth-order valence-corrected chi connectivity index (χ4v) is 7.40. The molecule has 9 aromatic rings. The molecule has 9 rings (SSSR count). The highest BCUT2D eigenvalue weighted by Crippen LogP contribution is 2.38. The van der Waals surface area contributed by atoms with Crippen LogP contribution in [0.25, 0.3) is 44.2 Å². The summed E-state index contributed by atoms with van der Waals surface area (Å²) in [7, 11) is 0. The molecule has 0 radical (unpaired) electrons. The van der Waals surface area contributed by atoms with Gasteiger partial charge < -0.3 is 15.2 Å². The molecule has 4 heteroatoms. The summed E-state index contributed by atoms with van der Waals surface area (Å²) in [5.74, 6) is 0. The van der Waals surface area contributed by atoms with Crippen molar-refractivity contribution in [2.75, 3.05) is 10.6 Å². The van der Waals surface area contributed by atoms with Crippen molar-refractivity contribution in [3.05, 3.63) is 224 Å². The number of aliphatic imine (C=N–C) groups is 1. The highest BCUT2D eigenvalue weighted by Gasteiger charge is 2.17. The minimum atomic E-state index is 0.610. The largest absolute Gasteiger partial charge is 0.397 e. The minimum absolute atomic E-state index is 0.610. The number of rotatable bonds is 9. The van der Waals surface area contributed by atoms with Gasteiger partial charge in [0.25, 0.3) is 0 Å². The number of benzene rings is 8. The second-order valence-corrected chi connectivity index (χ2v) is 13.5. The number of hydrogen-bond donors (Lipinski definition) is 1. The predicted molar refractivity (Wildman–Crippen MR) is 233 cm³/mol. The van der Waals surface area contributed by atoms with E-state index in [2.05, 4.69) is 162 Å². The fourth-order valence-electron chi connectivity index (χ4n) is 7.40. The van der Waals surface area contributed by atoms with Gasteiger partial charge in [-0.15, -0.1) is 0 Å². The van der Waals surface area contributed by atoms with Crippen LogP contribution in [0.4, 0.5) is 28.4 Å². The molecular weight excluding hydrogens is 669 g/mol. The third-order valence-electron chi connectivity index (χ3n) is 10.1. The lowest BCUT2D eigenvalue weighted by atomic mass is 9.96. The van der Waals surface area contributed by atoms with E-state index in [0.29, 0.717) is 11.4 Å². The van der Waals surface area contributed by atoms with Gasteiger partial charge in [0, 0.05) is 44.7 Å².